The molecule has 0 aliphatic carbocycles. The highest BCUT2D eigenvalue weighted by molar-refractivity contribution is 6.02. The van der Waals surface area contributed by atoms with Crippen LogP contribution < -0.4 is 5.32 Å². The Morgan fingerprint density at radius 1 is 1.12 bits per heavy atom. The number of hydrogen-bond acceptors (Lipinski definition) is 3. The number of likely N-dealkylation sites (tertiary alicyclic amines) is 1. The first-order chi connectivity index (χ1) is 11.4. The summed E-state index contributed by atoms with van der Waals surface area (Å²) in [6.07, 6.45) is 4.98. The highest BCUT2D eigenvalue weighted by Gasteiger charge is 2.27. The summed E-state index contributed by atoms with van der Waals surface area (Å²) in [6.45, 7) is 7.27. The van der Waals surface area contributed by atoms with E-state index in [1.165, 1.54) is 0 Å². The number of imidazole rings is 1. The van der Waals surface area contributed by atoms with Crippen LogP contribution in [0, 0.1) is 0 Å². The summed E-state index contributed by atoms with van der Waals surface area (Å²) in [5.74, 6) is -0.115. The molecule has 2 aromatic heterocycles. The van der Waals surface area contributed by atoms with Crippen molar-refractivity contribution in [2.24, 2.45) is 0 Å². The van der Waals surface area contributed by atoms with Crippen LogP contribution in [-0.2, 0) is 0 Å². The minimum atomic E-state index is -0.366. The van der Waals surface area contributed by atoms with Gasteiger partial charge in [0, 0.05) is 24.8 Å². The Hall–Kier alpha value is -2.37. The first-order valence-corrected chi connectivity index (χ1v) is 8.46. The summed E-state index contributed by atoms with van der Waals surface area (Å²) in [7, 11) is 0. The van der Waals surface area contributed by atoms with Crippen molar-refractivity contribution in [1.29, 1.82) is 0 Å². The maximum Gasteiger partial charge on any atom is 0.288 e. The largest absolute Gasteiger partial charge is 0.345 e. The van der Waals surface area contributed by atoms with Crippen LogP contribution in [-0.4, -0.2) is 44.7 Å². The van der Waals surface area contributed by atoms with Crippen LogP contribution in [0.3, 0.4) is 0 Å². The second-order valence-corrected chi connectivity index (χ2v) is 7.30. The minimum absolute atomic E-state index is 0.0896. The van der Waals surface area contributed by atoms with Gasteiger partial charge in [0.15, 0.2) is 5.69 Å². The summed E-state index contributed by atoms with van der Waals surface area (Å²) >= 11 is 0. The molecule has 6 heteroatoms. The van der Waals surface area contributed by atoms with Crippen LogP contribution >= 0.6 is 0 Å². The number of fused-ring (bicyclic) bond motifs is 1. The molecule has 1 N–H and O–H groups in total. The average Bonchev–Trinajstić information content (AvgIpc) is 2.93. The number of hydrogen-bond donors (Lipinski definition) is 1. The number of nitrogens with zero attached hydrogens (tertiary/aromatic N) is 3. The van der Waals surface area contributed by atoms with Gasteiger partial charge in [-0.2, -0.15) is 0 Å². The molecule has 2 amide bonds. The van der Waals surface area contributed by atoms with Crippen molar-refractivity contribution in [1.82, 2.24) is 19.6 Å². The maximum absolute atomic E-state index is 12.9. The Labute approximate surface area is 141 Å². The van der Waals surface area contributed by atoms with Crippen molar-refractivity contribution >= 4 is 17.3 Å². The van der Waals surface area contributed by atoms with E-state index in [1.54, 1.807) is 10.6 Å². The molecule has 6 nitrogen and oxygen atoms in total. The summed E-state index contributed by atoms with van der Waals surface area (Å²) in [5.41, 5.74) is 0.665. The summed E-state index contributed by atoms with van der Waals surface area (Å²) < 4.78 is 1.69. The highest BCUT2D eigenvalue weighted by atomic mass is 16.2. The molecule has 1 saturated heterocycles. The van der Waals surface area contributed by atoms with E-state index in [1.807, 2.05) is 43.9 Å². The molecule has 2 aromatic rings. The van der Waals surface area contributed by atoms with Gasteiger partial charge in [-0.25, -0.2) is 4.98 Å². The van der Waals surface area contributed by atoms with Gasteiger partial charge < -0.3 is 10.2 Å². The lowest BCUT2D eigenvalue weighted by atomic mass is 10.1. The molecular formula is C18H24N4O2. The molecule has 128 valence electrons. The van der Waals surface area contributed by atoms with Crippen molar-refractivity contribution in [3.8, 4) is 0 Å². The van der Waals surface area contributed by atoms with E-state index >= 15 is 0 Å². The number of carbonyl (C=O) groups is 2. The van der Waals surface area contributed by atoms with Gasteiger partial charge in [-0.05, 0) is 52.2 Å². The van der Waals surface area contributed by atoms with Crippen LogP contribution in [0.4, 0.5) is 0 Å². The molecule has 1 aliphatic rings. The summed E-state index contributed by atoms with van der Waals surface area (Å²) in [5, 5.41) is 2.91. The Balaban J connectivity index is 2.00. The lowest BCUT2D eigenvalue weighted by Gasteiger charge is -2.25. The normalized spacial score (nSPS) is 15.5. The number of piperidine rings is 1. The molecule has 24 heavy (non-hydrogen) atoms. The molecule has 0 aromatic carbocycles. The van der Waals surface area contributed by atoms with Crippen molar-refractivity contribution in [2.75, 3.05) is 13.1 Å². The number of nitrogens with one attached hydrogen (secondary N) is 1. The van der Waals surface area contributed by atoms with Gasteiger partial charge in [-0.1, -0.05) is 6.07 Å². The third-order valence-corrected chi connectivity index (χ3v) is 4.09. The zero-order chi connectivity index (χ0) is 17.3. The fourth-order valence-corrected chi connectivity index (χ4v) is 3.00. The van der Waals surface area contributed by atoms with Gasteiger partial charge in [-0.15, -0.1) is 0 Å². The predicted octanol–water partition coefficient (Wildman–Crippen LogP) is 2.49. The molecule has 3 rings (SSSR count). The van der Waals surface area contributed by atoms with Crippen molar-refractivity contribution < 1.29 is 9.59 Å². The third kappa shape index (κ3) is 3.27. The molecule has 1 fully saturated rings. The molecule has 0 spiro atoms. The molecule has 0 bridgehead atoms. The van der Waals surface area contributed by atoms with E-state index < -0.39 is 0 Å². The van der Waals surface area contributed by atoms with Crippen molar-refractivity contribution in [2.45, 2.75) is 45.6 Å². The van der Waals surface area contributed by atoms with Crippen LogP contribution in [0.1, 0.15) is 61.1 Å². The quantitative estimate of drug-likeness (QED) is 0.921. The van der Waals surface area contributed by atoms with E-state index in [2.05, 4.69) is 10.3 Å². The molecule has 0 unspecified atom stereocenters. The lowest BCUT2D eigenvalue weighted by Crippen LogP contribution is -2.41. The Bertz CT molecular complexity index is 767. The van der Waals surface area contributed by atoms with Crippen LogP contribution in [0.2, 0.25) is 0 Å². The van der Waals surface area contributed by atoms with E-state index in [-0.39, 0.29) is 23.2 Å². The van der Waals surface area contributed by atoms with Crippen LogP contribution in [0.25, 0.3) is 5.52 Å². The fourth-order valence-electron chi connectivity index (χ4n) is 3.00. The zero-order valence-electron chi connectivity index (χ0n) is 14.5. The van der Waals surface area contributed by atoms with Gasteiger partial charge in [0.2, 0.25) is 5.82 Å². The van der Waals surface area contributed by atoms with Crippen LogP contribution in [0.15, 0.2) is 24.4 Å². The SMILES string of the molecule is CC(C)(C)NC(=O)c1nc(C(=O)N2CCCCC2)c2ccccn12. The number of rotatable bonds is 2. The minimum Gasteiger partial charge on any atom is -0.345 e. The van der Waals surface area contributed by atoms with Crippen LogP contribution in [0.5, 0.6) is 0 Å². The standard InChI is InChI=1S/C18H24N4O2/c1-18(2,3)20-16(23)15-19-14(13-9-5-8-12-22(13)15)17(24)21-10-6-4-7-11-21/h5,8-9,12H,4,6-7,10-11H2,1-3H3,(H,20,23). The van der Waals surface area contributed by atoms with Crippen molar-refractivity contribution in [3.63, 3.8) is 0 Å². The number of carbonyl (C=O) groups excluding carboxylic acids is 2. The summed E-state index contributed by atoms with van der Waals surface area (Å²) in [4.78, 5) is 31.7. The number of aromatic nitrogens is 2. The summed E-state index contributed by atoms with van der Waals surface area (Å²) in [6, 6.07) is 5.52. The van der Waals surface area contributed by atoms with E-state index in [9.17, 15) is 9.59 Å². The molecule has 0 atom stereocenters. The second kappa shape index (κ2) is 6.26. The van der Waals surface area contributed by atoms with Gasteiger partial charge in [-0.3, -0.25) is 14.0 Å². The Kier molecular flexibility index (Phi) is 4.30. The van der Waals surface area contributed by atoms with E-state index in [0.29, 0.717) is 11.2 Å². The highest BCUT2D eigenvalue weighted by Crippen LogP contribution is 2.18. The monoisotopic (exact) mass is 328 g/mol. The van der Waals surface area contributed by atoms with Crippen molar-refractivity contribution in [3.05, 3.63) is 35.9 Å². The lowest BCUT2D eigenvalue weighted by molar-refractivity contribution is 0.0721. The van der Waals surface area contributed by atoms with Gasteiger partial charge in [0.05, 0.1) is 5.52 Å². The molecule has 0 radical (unpaired) electrons. The van der Waals surface area contributed by atoms with Gasteiger partial charge in [0.1, 0.15) is 0 Å². The van der Waals surface area contributed by atoms with E-state index in [0.717, 1.165) is 32.4 Å². The molecule has 1 aliphatic heterocycles. The predicted molar refractivity (Wildman–Crippen MR) is 92.2 cm³/mol. The smallest absolute Gasteiger partial charge is 0.288 e. The number of amides is 2. The Morgan fingerprint density at radius 3 is 2.50 bits per heavy atom. The van der Waals surface area contributed by atoms with Gasteiger partial charge in [0.25, 0.3) is 11.8 Å². The fraction of sp³-hybridized carbons (Fsp3) is 0.500. The molecule has 3 heterocycles. The van der Waals surface area contributed by atoms with Gasteiger partial charge >= 0.3 is 0 Å². The first kappa shape index (κ1) is 16.5. The Morgan fingerprint density at radius 2 is 1.83 bits per heavy atom. The number of pyridine rings is 1. The first-order valence-electron chi connectivity index (χ1n) is 8.46. The molecular weight excluding hydrogens is 304 g/mol. The third-order valence-electron chi connectivity index (χ3n) is 4.09. The molecule has 0 saturated carbocycles. The van der Waals surface area contributed by atoms with E-state index in [4.69, 9.17) is 0 Å². The average molecular weight is 328 g/mol. The second-order valence-electron chi connectivity index (χ2n) is 7.30. The topological polar surface area (TPSA) is 66.7 Å². The maximum atomic E-state index is 12.9. The zero-order valence-corrected chi connectivity index (χ0v) is 14.5.